The fourth-order valence-corrected chi connectivity index (χ4v) is 5.50. The fraction of sp³-hybridized carbons (Fsp3) is 0.423. The first-order valence-corrected chi connectivity index (χ1v) is 11.5. The summed E-state index contributed by atoms with van der Waals surface area (Å²) in [6.07, 6.45) is 10.7. The molecule has 0 saturated carbocycles. The van der Waals surface area contributed by atoms with Crippen molar-refractivity contribution in [3.05, 3.63) is 71.6 Å². The van der Waals surface area contributed by atoms with Gasteiger partial charge in [0.05, 0.1) is 31.7 Å². The fourth-order valence-electron chi connectivity index (χ4n) is 5.50. The van der Waals surface area contributed by atoms with Crippen LogP contribution in [0.15, 0.2) is 54.9 Å². The number of carbonyl (C=O) groups excluding carboxylic acids is 2. The normalized spacial score (nSPS) is 25.1. The number of aliphatic hydroxyl groups is 1. The maximum absolute atomic E-state index is 12.9. The molecule has 3 atom stereocenters. The first-order valence-electron chi connectivity index (χ1n) is 11.5. The zero-order chi connectivity index (χ0) is 22.1. The molecule has 0 radical (unpaired) electrons. The van der Waals surface area contributed by atoms with E-state index in [1.807, 2.05) is 12.1 Å². The summed E-state index contributed by atoms with van der Waals surface area (Å²) in [6.45, 7) is 0.508. The van der Waals surface area contributed by atoms with E-state index in [0.717, 1.165) is 24.0 Å². The van der Waals surface area contributed by atoms with Crippen molar-refractivity contribution in [3.63, 3.8) is 0 Å². The molecule has 3 aliphatic rings. The number of aliphatic hydroxyl groups excluding tert-OH is 1. The molecule has 2 amide bonds. The summed E-state index contributed by atoms with van der Waals surface area (Å²) in [5.41, 5.74) is 4.65. The third-order valence-electron chi connectivity index (χ3n) is 7.14. The number of rotatable bonds is 5. The Balaban J connectivity index is 1.33. The van der Waals surface area contributed by atoms with E-state index >= 15 is 0 Å². The Bertz CT molecular complexity index is 1020. The van der Waals surface area contributed by atoms with Crippen molar-refractivity contribution >= 4 is 17.4 Å². The van der Waals surface area contributed by atoms with Crippen LogP contribution in [0.4, 0.5) is 0 Å². The second-order valence-corrected chi connectivity index (χ2v) is 9.05. The Morgan fingerprint density at radius 3 is 2.69 bits per heavy atom. The summed E-state index contributed by atoms with van der Waals surface area (Å²) in [7, 11) is 0. The molecule has 2 saturated heterocycles. The van der Waals surface area contributed by atoms with Crippen molar-refractivity contribution in [1.29, 1.82) is 0 Å². The van der Waals surface area contributed by atoms with Gasteiger partial charge in [-0.1, -0.05) is 36.4 Å². The van der Waals surface area contributed by atoms with Crippen LogP contribution in [0.3, 0.4) is 0 Å². The van der Waals surface area contributed by atoms with Crippen molar-refractivity contribution < 1.29 is 14.7 Å². The zero-order valence-corrected chi connectivity index (χ0v) is 18.2. The number of benzene rings is 1. The SMILES string of the molecule is O=C(Cc1cccnc1)N1CC(=O)N2[C@H](C1)[C@H](c1ccc(C3=CCCCC3)cc1)[C@@H]2CO. The first-order chi connectivity index (χ1) is 15.7. The number of hydrogen-bond acceptors (Lipinski definition) is 4. The Labute approximate surface area is 188 Å². The second kappa shape index (κ2) is 8.87. The Morgan fingerprint density at radius 2 is 2.00 bits per heavy atom. The van der Waals surface area contributed by atoms with E-state index in [4.69, 9.17) is 0 Å². The molecule has 5 rings (SSSR count). The summed E-state index contributed by atoms with van der Waals surface area (Å²) in [6, 6.07) is 12.0. The van der Waals surface area contributed by atoms with E-state index in [9.17, 15) is 14.7 Å². The third-order valence-corrected chi connectivity index (χ3v) is 7.14. The number of fused-ring (bicyclic) bond motifs is 1. The Hall–Kier alpha value is -2.99. The minimum atomic E-state index is -0.220. The lowest BCUT2D eigenvalue weighted by Gasteiger charge is -2.58. The molecule has 0 unspecified atom stereocenters. The van der Waals surface area contributed by atoms with Gasteiger partial charge in [-0.3, -0.25) is 14.6 Å². The number of pyridine rings is 1. The van der Waals surface area contributed by atoms with Gasteiger partial charge in [-0.05, 0) is 54.0 Å². The standard InChI is InChI=1S/C26H29N3O3/c30-17-23-26(21-10-8-20(9-11-21)19-6-2-1-3-7-19)22-15-28(16-25(32)29(22)23)24(31)13-18-5-4-12-27-14-18/h4-6,8-12,14,22-23,26,30H,1-3,7,13,15-17H2/t22-,23+,26+/m1/s1. The number of piperazine rings is 1. The lowest BCUT2D eigenvalue weighted by atomic mass is 9.73. The largest absolute Gasteiger partial charge is 0.394 e. The van der Waals surface area contributed by atoms with Crippen molar-refractivity contribution in [2.45, 2.75) is 50.1 Å². The summed E-state index contributed by atoms with van der Waals surface area (Å²) in [4.78, 5) is 33.2. The molecule has 166 valence electrons. The molecule has 0 bridgehead atoms. The summed E-state index contributed by atoms with van der Waals surface area (Å²) in [5, 5.41) is 10.0. The van der Waals surface area contributed by atoms with Crippen LogP contribution >= 0.6 is 0 Å². The van der Waals surface area contributed by atoms with Crippen molar-refractivity contribution in [2.24, 2.45) is 0 Å². The van der Waals surface area contributed by atoms with Gasteiger partial charge in [-0.2, -0.15) is 0 Å². The minimum absolute atomic E-state index is 0.0346. The highest BCUT2D eigenvalue weighted by atomic mass is 16.3. The molecule has 0 spiro atoms. The van der Waals surface area contributed by atoms with E-state index in [1.165, 1.54) is 24.0 Å². The van der Waals surface area contributed by atoms with Gasteiger partial charge in [-0.25, -0.2) is 0 Å². The number of carbonyl (C=O) groups is 2. The highest BCUT2D eigenvalue weighted by Crippen LogP contribution is 2.43. The van der Waals surface area contributed by atoms with Crippen LogP contribution in [0.1, 0.15) is 48.3 Å². The summed E-state index contributed by atoms with van der Waals surface area (Å²) < 4.78 is 0. The molecule has 1 aliphatic carbocycles. The van der Waals surface area contributed by atoms with Crippen LogP contribution in [-0.4, -0.2) is 63.5 Å². The van der Waals surface area contributed by atoms with Crippen molar-refractivity contribution in [1.82, 2.24) is 14.8 Å². The number of amides is 2. The van der Waals surface area contributed by atoms with Gasteiger partial charge in [0, 0.05) is 24.9 Å². The maximum atomic E-state index is 12.9. The highest BCUT2D eigenvalue weighted by molar-refractivity contribution is 5.88. The molecule has 32 heavy (non-hydrogen) atoms. The van der Waals surface area contributed by atoms with Gasteiger partial charge >= 0.3 is 0 Å². The quantitative estimate of drug-likeness (QED) is 0.790. The van der Waals surface area contributed by atoms with Crippen LogP contribution in [0.2, 0.25) is 0 Å². The second-order valence-electron chi connectivity index (χ2n) is 9.05. The average molecular weight is 432 g/mol. The average Bonchev–Trinajstić information content (AvgIpc) is 2.82. The van der Waals surface area contributed by atoms with E-state index in [1.54, 1.807) is 22.2 Å². The molecule has 1 N–H and O–H groups in total. The molecule has 1 aromatic heterocycles. The molecule has 6 nitrogen and oxygen atoms in total. The topological polar surface area (TPSA) is 73.7 Å². The monoisotopic (exact) mass is 431 g/mol. The molecule has 1 aromatic carbocycles. The predicted molar refractivity (Wildman–Crippen MR) is 122 cm³/mol. The first kappa shape index (κ1) is 20.9. The van der Waals surface area contributed by atoms with E-state index in [0.29, 0.717) is 6.54 Å². The minimum Gasteiger partial charge on any atom is -0.394 e. The summed E-state index contributed by atoms with van der Waals surface area (Å²) in [5.74, 6) is -0.107. The lowest BCUT2D eigenvalue weighted by molar-refractivity contribution is -0.166. The number of hydrogen-bond donors (Lipinski definition) is 1. The number of allylic oxidation sites excluding steroid dienone is 2. The maximum Gasteiger partial charge on any atom is 0.242 e. The number of aromatic nitrogens is 1. The van der Waals surface area contributed by atoms with Gasteiger partial charge in [0.1, 0.15) is 0 Å². The van der Waals surface area contributed by atoms with E-state index in [2.05, 4.69) is 35.3 Å². The van der Waals surface area contributed by atoms with Crippen LogP contribution in [0, 0.1) is 0 Å². The van der Waals surface area contributed by atoms with Gasteiger partial charge in [0.25, 0.3) is 0 Å². The highest BCUT2D eigenvalue weighted by Gasteiger charge is 2.54. The molecule has 2 fully saturated rings. The third kappa shape index (κ3) is 3.84. The predicted octanol–water partition coefficient (Wildman–Crippen LogP) is 2.78. The lowest BCUT2D eigenvalue weighted by Crippen LogP contribution is -2.73. The van der Waals surface area contributed by atoms with Gasteiger partial charge in [0.15, 0.2) is 0 Å². The molecule has 2 aromatic rings. The smallest absolute Gasteiger partial charge is 0.242 e. The number of nitrogens with zero attached hydrogens (tertiary/aromatic N) is 3. The van der Waals surface area contributed by atoms with Gasteiger partial charge < -0.3 is 14.9 Å². The molecule has 6 heteroatoms. The molecular weight excluding hydrogens is 402 g/mol. The van der Waals surface area contributed by atoms with Crippen LogP contribution in [0.5, 0.6) is 0 Å². The molecule has 3 heterocycles. The molecular formula is C26H29N3O3. The van der Waals surface area contributed by atoms with Gasteiger partial charge in [-0.15, -0.1) is 0 Å². The Kier molecular flexibility index (Phi) is 5.79. The van der Waals surface area contributed by atoms with E-state index < -0.39 is 0 Å². The Morgan fingerprint density at radius 1 is 1.16 bits per heavy atom. The van der Waals surface area contributed by atoms with E-state index in [-0.39, 0.29) is 49.4 Å². The van der Waals surface area contributed by atoms with Crippen LogP contribution < -0.4 is 0 Å². The van der Waals surface area contributed by atoms with Crippen molar-refractivity contribution in [2.75, 3.05) is 19.7 Å². The van der Waals surface area contributed by atoms with Crippen molar-refractivity contribution in [3.8, 4) is 0 Å². The van der Waals surface area contributed by atoms with Crippen LogP contribution in [0.25, 0.3) is 5.57 Å². The van der Waals surface area contributed by atoms with Gasteiger partial charge in [0.2, 0.25) is 11.8 Å². The van der Waals surface area contributed by atoms with Crippen LogP contribution in [-0.2, 0) is 16.0 Å². The summed E-state index contributed by atoms with van der Waals surface area (Å²) >= 11 is 0. The molecule has 2 aliphatic heterocycles. The zero-order valence-electron chi connectivity index (χ0n) is 18.2.